The van der Waals surface area contributed by atoms with Crippen LogP contribution < -0.4 is 10.1 Å². The van der Waals surface area contributed by atoms with Crippen LogP contribution in [-0.2, 0) is 6.54 Å². The molecule has 1 N–H and O–H groups in total. The summed E-state index contributed by atoms with van der Waals surface area (Å²) in [5.41, 5.74) is 2.12. The van der Waals surface area contributed by atoms with E-state index >= 15 is 0 Å². The van der Waals surface area contributed by atoms with Crippen molar-refractivity contribution in [1.82, 2.24) is 4.98 Å². The van der Waals surface area contributed by atoms with Crippen LogP contribution >= 0.6 is 27.5 Å². The number of hydrogen-bond donors (Lipinski definition) is 1. The molecule has 1 aromatic carbocycles. The SMILES string of the molecule is Cc1nc(Cl)ccc1NCc1cc(Br)ccc1OC(F)F. The second-order valence-electron chi connectivity index (χ2n) is 4.25. The van der Waals surface area contributed by atoms with E-state index in [1.54, 1.807) is 24.3 Å². The van der Waals surface area contributed by atoms with Gasteiger partial charge >= 0.3 is 6.61 Å². The van der Waals surface area contributed by atoms with Crippen LogP contribution in [0.5, 0.6) is 5.75 Å². The fourth-order valence-electron chi connectivity index (χ4n) is 1.80. The van der Waals surface area contributed by atoms with Crippen molar-refractivity contribution < 1.29 is 13.5 Å². The zero-order valence-electron chi connectivity index (χ0n) is 11.0. The molecule has 0 spiro atoms. The Balaban J connectivity index is 2.16. The number of rotatable bonds is 5. The first-order chi connectivity index (χ1) is 9.95. The van der Waals surface area contributed by atoms with Gasteiger partial charge in [-0.2, -0.15) is 8.78 Å². The molecule has 0 unspecified atom stereocenters. The predicted octanol–water partition coefficient (Wildman–Crippen LogP) is 5.02. The first-order valence-corrected chi connectivity index (χ1v) is 7.23. The Morgan fingerprint density at radius 1 is 1.33 bits per heavy atom. The number of alkyl halides is 2. The number of nitrogens with one attached hydrogen (secondary N) is 1. The third-order valence-electron chi connectivity index (χ3n) is 2.76. The Morgan fingerprint density at radius 3 is 2.76 bits per heavy atom. The van der Waals surface area contributed by atoms with Crippen molar-refractivity contribution in [3.8, 4) is 5.75 Å². The van der Waals surface area contributed by atoms with E-state index in [1.165, 1.54) is 6.07 Å². The first kappa shape index (κ1) is 16.0. The molecule has 1 heterocycles. The van der Waals surface area contributed by atoms with E-state index in [4.69, 9.17) is 11.6 Å². The van der Waals surface area contributed by atoms with Crippen molar-refractivity contribution in [3.63, 3.8) is 0 Å². The Kier molecular flexibility index (Phi) is 5.36. The highest BCUT2D eigenvalue weighted by atomic mass is 79.9. The lowest BCUT2D eigenvalue weighted by Gasteiger charge is -2.13. The van der Waals surface area contributed by atoms with Crippen LogP contribution in [0.3, 0.4) is 0 Å². The molecule has 0 fully saturated rings. The molecule has 0 atom stereocenters. The van der Waals surface area contributed by atoms with Gasteiger partial charge in [0.05, 0.1) is 11.4 Å². The van der Waals surface area contributed by atoms with Crippen molar-refractivity contribution in [2.75, 3.05) is 5.32 Å². The number of aromatic nitrogens is 1. The minimum Gasteiger partial charge on any atom is -0.434 e. The Morgan fingerprint density at radius 2 is 2.10 bits per heavy atom. The summed E-state index contributed by atoms with van der Waals surface area (Å²) in [5.74, 6) is 0.139. The molecule has 2 aromatic rings. The van der Waals surface area contributed by atoms with Gasteiger partial charge in [-0.1, -0.05) is 27.5 Å². The normalized spacial score (nSPS) is 10.8. The number of hydrogen-bond acceptors (Lipinski definition) is 3. The van der Waals surface area contributed by atoms with E-state index in [2.05, 4.69) is 31.0 Å². The quantitative estimate of drug-likeness (QED) is 0.743. The number of anilines is 1. The van der Waals surface area contributed by atoms with Crippen LogP contribution in [0.1, 0.15) is 11.3 Å². The van der Waals surface area contributed by atoms with E-state index in [-0.39, 0.29) is 5.75 Å². The molecule has 0 aliphatic carbocycles. The van der Waals surface area contributed by atoms with E-state index < -0.39 is 6.61 Å². The molecule has 3 nitrogen and oxygen atoms in total. The molecule has 0 aliphatic rings. The fraction of sp³-hybridized carbons (Fsp3) is 0.214. The van der Waals surface area contributed by atoms with Gasteiger partial charge in [-0.05, 0) is 37.3 Å². The monoisotopic (exact) mass is 376 g/mol. The average Bonchev–Trinajstić information content (AvgIpc) is 2.40. The zero-order valence-corrected chi connectivity index (χ0v) is 13.4. The smallest absolute Gasteiger partial charge is 0.387 e. The summed E-state index contributed by atoms with van der Waals surface area (Å²) in [7, 11) is 0. The van der Waals surface area contributed by atoms with Gasteiger partial charge in [0.2, 0.25) is 0 Å². The van der Waals surface area contributed by atoms with Gasteiger partial charge in [-0.25, -0.2) is 4.98 Å². The molecule has 112 valence electrons. The fourth-order valence-corrected chi connectivity index (χ4v) is 2.40. The Bertz CT molecular complexity index is 640. The summed E-state index contributed by atoms with van der Waals surface area (Å²) in [6, 6.07) is 8.32. The highest BCUT2D eigenvalue weighted by Crippen LogP contribution is 2.26. The van der Waals surface area contributed by atoms with Gasteiger partial charge in [-0.15, -0.1) is 0 Å². The van der Waals surface area contributed by atoms with Crippen LogP contribution in [0.2, 0.25) is 5.15 Å². The average molecular weight is 378 g/mol. The van der Waals surface area contributed by atoms with Gasteiger partial charge in [0.15, 0.2) is 0 Å². The third kappa shape index (κ3) is 4.54. The summed E-state index contributed by atoms with van der Waals surface area (Å²) in [6.45, 7) is -0.721. The molecule has 0 bridgehead atoms. The lowest BCUT2D eigenvalue weighted by Crippen LogP contribution is -2.08. The van der Waals surface area contributed by atoms with Crippen LogP contribution in [0, 0.1) is 6.92 Å². The van der Waals surface area contributed by atoms with E-state index in [9.17, 15) is 8.78 Å². The highest BCUT2D eigenvalue weighted by molar-refractivity contribution is 9.10. The molecule has 1 aromatic heterocycles. The van der Waals surface area contributed by atoms with Gasteiger partial charge < -0.3 is 10.1 Å². The standard InChI is InChI=1S/C14H12BrClF2N2O/c1-8-11(3-5-13(16)20-8)19-7-9-6-10(15)2-4-12(9)21-14(17)18/h2-6,14,19H,7H2,1H3. The molecular weight excluding hydrogens is 366 g/mol. The molecule has 21 heavy (non-hydrogen) atoms. The molecule has 0 amide bonds. The number of halogens is 4. The van der Waals surface area contributed by atoms with Crippen molar-refractivity contribution in [1.29, 1.82) is 0 Å². The number of pyridine rings is 1. The summed E-state index contributed by atoms with van der Waals surface area (Å²) in [4.78, 5) is 4.12. The van der Waals surface area contributed by atoms with Crippen molar-refractivity contribution in [2.45, 2.75) is 20.1 Å². The largest absolute Gasteiger partial charge is 0.434 e. The minimum absolute atomic E-state index is 0.139. The second-order valence-corrected chi connectivity index (χ2v) is 5.55. The maximum atomic E-state index is 12.4. The van der Waals surface area contributed by atoms with Crippen LogP contribution in [0.25, 0.3) is 0 Å². The van der Waals surface area contributed by atoms with Crippen LogP contribution in [0.4, 0.5) is 14.5 Å². The molecule has 2 rings (SSSR count). The van der Waals surface area contributed by atoms with Gasteiger partial charge in [-0.3, -0.25) is 0 Å². The van der Waals surface area contributed by atoms with Crippen molar-refractivity contribution in [2.24, 2.45) is 0 Å². The molecule has 0 aliphatic heterocycles. The molecule has 7 heteroatoms. The van der Waals surface area contributed by atoms with Crippen molar-refractivity contribution in [3.05, 3.63) is 51.2 Å². The van der Waals surface area contributed by atoms with Crippen LogP contribution in [-0.4, -0.2) is 11.6 Å². The lowest BCUT2D eigenvalue weighted by molar-refractivity contribution is -0.0504. The number of nitrogens with zero attached hydrogens (tertiary/aromatic N) is 1. The summed E-state index contributed by atoms with van der Waals surface area (Å²) >= 11 is 9.10. The van der Waals surface area contributed by atoms with Crippen LogP contribution in [0.15, 0.2) is 34.8 Å². The number of aryl methyl sites for hydroxylation is 1. The van der Waals surface area contributed by atoms with E-state index in [0.29, 0.717) is 17.3 Å². The van der Waals surface area contributed by atoms with Gasteiger partial charge in [0, 0.05) is 16.6 Å². The second kappa shape index (κ2) is 7.04. The third-order valence-corrected chi connectivity index (χ3v) is 3.46. The van der Waals surface area contributed by atoms with E-state index in [1.807, 2.05) is 6.92 Å². The summed E-state index contributed by atoms with van der Waals surface area (Å²) < 4.78 is 30.1. The number of benzene rings is 1. The minimum atomic E-state index is -2.86. The predicted molar refractivity (Wildman–Crippen MR) is 82.1 cm³/mol. The zero-order chi connectivity index (χ0) is 15.4. The number of ether oxygens (including phenoxy) is 1. The highest BCUT2D eigenvalue weighted by Gasteiger charge is 2.10. The summed E-state index contributed by atoms with van der Waals surface area (Å²) in [5, 5.41) is 3.54. The maximum absolute atomic E-state index is 12.4. The summed E-state index contributed by atoms with van der Waals surface area (Å²) in [6.07, 6.45) is 0. The topological polar surface area (TPSA) is 34.2 Å². The van der Waals surface area contributed by atoms with Gasteiger partial charge in [0.1, 0.15) is 10.9 Å². The first-order valence-electron chi connectivity index (χ1n) is 6.06. The van der Waals surface area contributed by atoms with Crippen molar-refractivity contribution >= 4 is 33.2 Å². The maximum Gasteiger partial charge on any atom is 0.387 e. The van der Waals surface area contributed by atoms with Gasteiger partial charge in [0.25, 0.3) is 0 Å². The van der Waals surface area contributed by atoms with E-state index in [0.717, 1.165) is 15.9 Å². The molecular formula is C14H12BrClF2N2O. The Labute approximate surface area is 134 Å². The molecule has 0 saturated heterocycles. The molecule has 0 saturated carbocycles. The lowest BCUT2D eigenvalue weighted by atomic mass is 10.2. The Hall–Kier alpha value is -1.40. The molecule has 0 radical (unpaired) electrons.